The Morgan fingerprint density at radius 3 is 2.58 bits per heavy atom. The Hall–Kier alpha value is -2.82. The Morgan fingerprint density at radius 2 is 1.77 bits per heavy atom. The first-order valence-corrected chi connectivity index (χ1v) is 8.58. The number of fused-ring (bicyclic) bond motifs is 1. The lowest BCUT2D eigenvalue weighted by atomic mass is 10.1. The number of nitrogens with zero attached hydrogens (tertiary/aromatic N) is 1. The largest absolute Gasteiger partial charge is 0.436 e. The fourth-order valence-electron chi connectivity index (χ4n) is 2.56. The lowest BCUT2D eigenvalue weighted by molar-refractivity contribution is 0.102. The van der Waals surface area contributed by atoms with Gasteiger partial charge in [-0.2, -0.15) is 0 Å². The van der Waals surface area contributed by atoms with Crippen molar-refractivity contribution in [2.24, 2.45) is 0 Å². The molecule has 0 aliphatic rings. The smallest absolute Gasteiger partial charge is 0.255 e. The zero-order valence-electron chi connectivity index (χ0n) is 13.4. The van der Waals surface area contributed by atoms with E-state index in [1.165, 1.54) is 0 Å². The van der Waals surface area contributed by atoms with E-state index >= 15 is 0 Å². The number of rotatable bonds is 3. The molecule has 0 radical (unpaired) electrons. The van der Waals surface area contributed by atoms with Crippen LogP contribution in [-0.2, 0) is 0 Å². The predicted molar refractivity (Wildman–Crippen MR) is 104 cm³/mol. The number of anilines is 1. The Morgan fingerprint density at radius 1 is 0.962 bits per heavy atom. The minimum absolute atomic E-state index is 0.242. The van der Waals surface area contributed by atoms with Gasteiger partial charge in [-0.05, 0) is 48.5 Å². The maximum atomic E-state index is 12.4. The lowest BCUT2D eigenvalue weighted by Crippen LogP contribution is -2.12. The molecule has 0 aliphatic carbocycles. The second-order valence-corrected chi connectivity index (χ2v) is 6.49. The Bertz CT molecular complexity index is 1110. The number of hydrogen-bond donors (Lipinski definition) is 1. The highest BCUT2D eigenvalue weighted by Crippen LogP contribution is 2.31. The number of carbonyl (C=O) groups excluding carboxylic acids is 1. The molecule has 0 unspecified atom stereocenters. The molecule has 4 nitrogen and oxygen atoms in total. The second kappa shape index (κ2) is 6.83. The van der Waals surface area contributed by atoms with E-state index in [-0.39, 0.29) is 5.91 Å². The van der Waals surface area contributed by atoms with E-state index in [1.807, 2.05) is 6.07 Å². The molecule has 3 aromatic carbocycles. The summed E-state index contributed by atoms with van der Waals surface area (Å²) in [5.41, 5.74) is 3.03. The summed E-state index contributed by atoms with van der Waals surface area (Å²) in [4.78, 5) is 16.8. The minimum Gasteiger partial charge on any atom is -0.436 e. The van der Waals surface area contributed by atoms with Gasteiger partial charge in [-0.3, -0.25) is 4.79 Å². The van der Waals surface area contributed by atoms with Crippen LogP contribution in [0, 0.1) is 0 Å². The number of halogens is 2. The number of nitrogens with one attached hydrogen (secondary N) is 1. The monoisotopic (exact) mass is 382 g/mol. The van der Waals surface area contributed by atoms with Crippen LogP contribution in [-0.4, -0.2) is 10.9 Å². The lowest BCUT2D eigenvalue weighted by Gasteiger charge is -2.08. The summed E-state index contributed by atoms with van der Waals surface area (Å²) in [7, 11) is 0. The van der Waals surface area contributed by atoms with Gasteiger partial charge in [-0.1, -0.05) is 41.4 Å². The van der Waals surface area contributed by atoms with Crippen LogP contribution >= 0.6 is 23.2 Å². The molecule has 6 heteroatoms. The molecule has 1 aromatic heterocycles. The van der Waals surface area contributed by atoms with Crippen LogP contribution in [0.25, 0.3) is 22.6 Å². The molecule has 0 aliphatic heterocycles. The van der Waals surface area contributed by atoms with Crippen LogP contribution in [0.5, 0.6) is 0 Å². The summed E-state index contributed by atoms with van der Waals surface area (Å²) in [6, 6.07) is 19.4. The molecule has 0 spiro atoms. The topological polar surface area (TPSA) is 55.1 Å². The standard InChI is InChI=1S/C20H12Cl2N2O2/c21-14-7-9-18-17(11-14)24-20(26-18)13-6-8-15(22)16(10-13)23-19(25)12-4-2-1-3-5-12/h1-11H,(H,23,25). The number of amides is 1. The van der Waals surface area contributed by atoms with Crippen LogP contribution in [0.3, 0.4) is 0 Å². The van der Waals surface area contributed by atoms with E-state index in [0.717, 1.165) is 0 Å². The first kappa shape index (κ1) is 16.6. The van der Waals surface area contributed by atoms with Gasteiger partial charge in [0, 0.05) is 16.1 Å². The van der Waals surface area contributed by atoms with Crippen LogP contribution in [0.1, 0.15) is 10.4 Å². The van der Waals surface area contributed by atoms with Crippen molar-refractivity contribution in [2.75, 3.05) is 5.32 Å². The van der Waals surface area contributed by atoms with Gasteiger partial charge >= 0.3 is 0 Å². The van der Waals surface area contributed by atoms with Crippen LogP contribution in [0.15, 0.2) is 71.1 Å². The fourth-order valence-corrected chi connectivity index (χ4v) is 2.89. The highest BCUT2D eigenvalue weighted by molar-refractivity contribution is 6.34. The SMILES string of the molecule is O=C(Nc1cc(-c2nc3cc(Cl)ccc3o2)ccc1Cl)c1ccccc1. The molecule has 0 saturated carbocycles. The van der Waals surface area contributed by atoms with Gasteiger partial charge in [0.25, 0.3) is 5.91 Å². The molecule has 4 aromatic rings. The highest BCUT2D eigenvalue weighted by atomic mass is 35.5. The number of aromatic nitrogens is 1. The summed E-state index contributed by atoms with van der Waals surface area (Å²) < 4.78 is 5.77. The van der Waals surface area contributed by atoms with Gasteiger partial charge in [0.1, 0.15) is 5.52 Å². The van der Waals surface area contributed by atoms with Crippen molar-refractivity contribution >= 4 is 45.9 Å². The molecule has 0 saturated heterocycles. The molecule has 1 N–H and O–H groups in total. The molecule has 0 fully saturated rings. The van der Waals surface area contributed by atoms with Crippen LogP contribution < -0.4 is 5.32 Å². The summed E-state index contributed by atoms with van der Waals surface area (Å²) in [6.45, 7) is 0. The van der Waals surface area contributed by atoms with E-state index in [9.17, 15) is 4.79 Å². The molecular weight excluding hydrogens is 371 g/mol. The maximum absolute atomic E-state index is 12.4. The zero-order valence-corrected chi connectivity index (χ0v) is 14.9. The van der Waals surface area contributed by atoms with Crippen molar-refractivity contribution in [3.8, 4) is 11.5 Å². The molecule has 128 valence electrons. The number of benzene rings is 3. The molecule has 4 rings (SSSR count). The third kappa shape index (κ3) is 3.29. The summed E-state index contributed by atoms with van der Waals surface area (Å²) >= 11 is 12.2. The van der Waals surface area contributed by atoms with E-state index in [1.54, 1.807) is 60.7 Å². The van der Waals surface area contributed by atoms with Crippen molar-refractivity contribution in [1.82, 2.24) is 4.98 Å². The third-order valence-corrected chi connectivity index (χ3v) is 4.41. The van der Waals surface area contributed by atoms with Gasteiger partial charge in [-0.25, -0.2) is 4.98 Å². The van der Waals surface area contributed by atoms with Gasteiger partial charge in [0.05, 0.1) is 10.7 Å². The molecule has 1 amide bonds. The molecule has 0 atom stereocenters. The first-order valence-electron chi connectivity index (χ1n) is 7.82. The third-order valence-electron chi connectivity index (χ3n) is 3.85. The molecule has 1 heterocycles. The quantitative estimate of drug-likeness (QED) is 0.468. The average Bonchev–Trinajstić information content (AvgIpc) is 3.07. The van der Waals surface area contributed by atoms with Gasteiger partial charge < -0.3 is 9.73 Å². The van der Waals surface area contributed by atoms with Crippen LogP contribution in [0.4, 0.5) is 5.69 Å². The second-order valence-electron chi connectivity index (χ2n) is 5.65. The Balaban J connectivity index is 1.68. The Kier molecular flexibility index (Phi) is 4.37. The Labute approximate surface area is 159 Å². The van der Waals surface area contributed by atoms with Gasteiger partial charge in [0.15, 0.2) is 5.58 Å². The summed E-state index contributed by atoms with van der Waals surface area (Å²) in [5, 5.41) is 3.83. The van der Waals surface area contributed by atoms with Crippen molar-refractivity contribution in [2.45, 2.75) is 0 Å². The van der Waals surface area contributed by atoms with E-state index in [0.29, 0.717) is 43.9 Å². The zero-order chi connectivity index (χ0) is 18.1. The predicted octanol–water partition coefficient (Wildman–Crippen LogP) is 6.05. The van der Waals surface area contributed by atoms with Gasteiger partial charge in [-0.15, -0.1) is 0 Å². The number of carbonyl (C=O) groups is 1. The number of hydrogen-bond acceptors (Lipinski definition) is 3. The molecule has 0 bridgehead atoms. The van der Waals surface area contributed by atoms with Crippen molar-refractivity contribution in [3.63, 3.8) is 0 Å². The minimum atomic E-state index is -0.242. The maximum Gasteiger partial charge on any atom is 0.255 e. The summed E-state index contributed by atoms with van der Waals surface area (Å²) in [5.74, 6) is 0.183. The van der Waals surface area contributed by atoms with E-state index in [2.05, 4.69) is 10.3 Å². The van der Waals surface area contributed by atoms with Crippen LogP contribution in [0.2, 0.25) is 10.0 Å². The van der Waals surface area contributed by atoms with Gasteiger partial charge in [0.2, 0.25) is 5.89 Å². The van der Waals surface area contributed by atoms with Crippen molar-refractivity contribution in [3.05, 3.63) is 82.3 Å². The number of oxazole rings is 1. The molecule has 26 heavy (non-hydrogen) atoms. The van der Waals surface area contributed by atoms with E-state index in [4.69, 9.17) is 27.6 Å². The average molecular weight is 383 g/mol. The van der Waals surface area contributed by atoms with E-state index < -0.39 is 0 Å². The molecular formula is C20H12Cl2N2O2. The van der Waals surface area contributed by atoms with Crippen molar-refractivity contribution in [1.29, 1.82) is 0 Å². The summed E-state index contributed by atoms with van der Waals surface area (Å²) in [6.07, 6.45) is 0. The fraction of sp³-hybridized carbons (Fsp3) is 0. The van der Waals surface area contributed by atoms with Crippen molar-refractivity contribution < 1.29 is 9.21 Å². The first-order chi connectivity index (χ1) is 12.6. The highest BCUT2D eigenvalue weighted by Gasteiger charge is 2.13. The normalized spacial score (nSPS) is 10.8.